The predicted molar refractivity (Wildman–Crippen MR) is 43.2 cm³/mol. The van der Waals surface area contributed by atoms with Crippen molar-refractivity contribution in [1.82, 2.24) is 0 Å². The van der Waals surface area contributed by atoms with E-state index in [2.05, 4.69) is 4.74 Å². The number of carbonyl (C=O) groups excluding carboxylic acids is 1. The van der Waals surface area contributed by atoms with Gasteiger partial charge in [-0.05, 0) is 24.6 Å². The van der Waals surface area contributed by atoms with Crippen molar-refractivity contribution in [3.05, 3.63) is 29.3 Å². The van der Waals surface area contributed by atoms with Gasteiger partial charge in [-0.1, -0.05) is 6.07 Å². The Labute approximate surface area is 74.1 Å². The molecule has 1 aromatic carbocycles. The molecule has 0 N–H and O–H groups in total. The number of carbonyl (C=O) groups is 1. The smallest absolute Gasteiger partial charge is 0.387 e. The molecular weight excluding hydrogens is 178 g/mol. The second-order valence-electron chi connectivity index (χ2n) is 2.54. The average Bonchev–Trinajstić information content (AvgIpc) is 2.03. The SMILES string of the molecule is Cc1ccc(C=O)c(OC(F)F)c1. The van der Waals surface area contributed by atoms with E-state index in [9.17, 15) is 13.6 Å². The molecule has 0 aromatic heterocycles. The fraction of sp³-hybridized carbons (Fsp3) is 0.222. The Bertz CT molecular complexity index is 310. The Kier molecular flexibility index (Phi) is 2.95. The number of rotatable bonds is 3. The summed E-state index contributed by atoms with van der Waals surface area (Å²) in [6.45, 7) is -1.17. The molecule has 0 atom stereocenters. The molecule has 0 aliphatic rings. The second kappa shape index (κ2) is 3.98. The minimum Gasteiger partial charge on any atom is -0.434 e. The van der Waals surface area contributed by atoms with Gasteiger partial charge in [0.1, 0.15) is 5.75 Å². The van der Waals surface area contributed by atoms with E-state index in [-0.39, 0.29) is 11.3 Å². The number of aryl methyl sites for hydroxylation is 1. The zero-order valence-electron chi connectivity index (χ0n) is 6.96. The molecule has 0 unspecified atom stereocenters. The number of benzene rings is 1. The maximum absolute atomic E-state index is 11.8. The molecule has 0 heterocycles. The molecule has 13 heavy (non-hydrogen) atoms. The highest BCUT2D eigenvalue weighted by Gasteiger charge is 2.08. The van der Waals surface area contributed by atoms with E-state index in [0.717, 1.165) is 5.56 Å². The van der Waals surface area contributed by atoms with Crippen molar-refractivity contribution in [2.75, 3.05) is 0 Å². The van der Waals surface area contributed by atoms with Crippen LogP contribution in [0.1, 0.15) is 15.9 Å². The number of halogens is 2. The van der Waals surface area contributed by atoms with E-state index in [1.165, 1.54) is 12.1 Å². The van der Waals surface area contributed by atoms with E-state index in [1.54, 1.807) is 13.0 Å². The van der Waals surface area contributed by atoms with Gasteiger partial charge in [0.2, 0.25) is 0 Å². The Morgan fingerprint density at radius 2 is 2.15 bits per heavy atom. The molecule has 0 aliphatic heterocycles. The van der Waals surface area contributed by atoms with Crippen LogP contribution < -0.4 is 4.74 Å². The minimum absolute atomic E-state index is 0.0787. The third kappa shape index (κ3) is 2.50. The molecule has 0 spiro atoms. The predicted octanol–water partition coefficient (Wildman–Crippen LogP) is 2.41. The average molecular weight is 186 g/mol. The van der Waals surface area contributed by atoms with Crippen molar-refractivity contribution in [1.29, 1.82) is 0 Å². The van der Waals surface area contributed by atoms with Crippen molar-refractivity contribution < 1.29 is 18.3 Å². The van der Waals surface area contributed by atoms with Crippen LogP contribution in [0.15, 0.2) is 18.2 Å². The van der Waals surface area contributed by atoms with Gasteiger partial charge >= 0.3 is 6.61 Å². The lowest BCUT2D eigenvalue weighted by atomic mass is 10.1. The molecule has 0 saturated heterocycles. The third-order valence-electron chi connectivity index (χ3n) is 1.51. The molecule has 2 nitrogen and oxygen atoms in total. The van der Waals surface area contributed by atoms with Gasteiger partial charge in [-0.25, -0.2) is 0 Å². The van der Waals surface area contributed by atoms with Crippen LogP contribution in [-0.2, 0) is 0 Å². The van der Waals surface area contributed by atoms with E-state index < -0.39 is 6.61 Å². The Balaban J connectivity index is 3.01. The van der Waals surface area contributed by atoms with E-state index in [0.29, 0.717) is 6.29 Å². The molecule has 0 saturated carbocycles. The lowest BCUT2D eigenvalue weighted by Crippen LogP contribution is -2.04. The molecule has 0 amide bonds. The summed E-state index contributed by atoms with van der Waals surface area (Å²) < 4.78 is 27.8. The summed E-state index contributed by atoms with van der Waals surface area (Å²) in [5.74, 6) is -0.0787. The van der Waals surface area contributed by atoms with Crippen LogP contribution in [0.4, 0.5) is 8.78 Å². The van der Waals surface area contributed by atoms with Crippen molar-refractivity contribution in [3.63, 3.8) is 0 Å². The summed E-state index contributed by atoms with van der Waals surface area (Å²) in [7, 11) is 0. The highest BCUT2D eigenvalue weighted by molar-refractivity contribution is 5.79. The Morgan fingerprint density at radius 3 is 2.69 bits per heavy atom. The van der Waals surface area contributed by atoms with Gasteiger partial charge in [0, 0.05) is 0 Å². The van der Waals surface area contributed by atoms with Crippen LogP contribution in [0.2, 0.25) is 0 Å². The maximum Gasteiger partial charge on any atom is 0.387 e. The topological polar surface area (TPSA) is 26.3 Å². The monoisotopic (exact) mass is 186 g/mol. The van der Waals surface area contributed by atoms with Gasteiger partial charge in [-0.2, -0.15) is 8.78 Å². The first-order valence-corrected chi connectivity index (χ1v) is 3.64. The van der Waals surface area contributed by atoms with Crippen molar-refractivity contribution in [2.45, 2.75) is 13.5 Å². The number of hydrogen-bond donors (Lipinski definition) is 0. The third-order valence-corrected chi connectivity index (χ3v) is 1.51. The van der Waals surface area contributed by atoms with Crippen LogP contribution in [-0.4, -0.2) is 12.9 Å². The quantitative estimate of drug-likeness (QED) is 0.677. The minimum atomic E-state index is -2.90. The van der Waals surface area contributed by atoms with E-state index in [1.807, 2.05) is 0 Å². The molecule has 4 heteroatoms. The van der Waals surface area contributed by atoms with Crippen molar-refractivity contribution >= 4 is 6.29 Å². The van der Waals surface area contributed by atoms with Gasteiger partial charge in [0.05, 0.1) is 5.56 Å². The Hall–Kier alpha value is -1.45. The summed E-state index contributed by atoms with van der Waals surface area (Å²) in [5.41, 5.74) is 0.896. The van der Waals surface area contributed by atoms with Crippen LogP contribution in [0.5, 0.6) is 5.75 Å². The van der Waals surface area contributed by atoms with Crippen LogP contribution in [0.3, 0.4) is 0 Å². The van der Waals surface area contributed by atoms with Gasteiger partial charge in [0.25, 0.3) is 0 Å². The highest BCUT2D eigenvalue weighted by atomic mass is 19.3. The van der Waals surface area contributed by atoms with Crippen LogP contribution >= 0.6 is 0 Å². The number of aldehydes is 1. The van der Waals surface area contributed by atoms with Crippen LogP contribution in [0.25, 0.3) is 0 Å². The number of ether oxygens (including phenoxy) is 1. The number of alkyl halides is 2. The first-order chi connectivity index (χ1) is 6.13. The maximum atomic E-state index is 11.8. The zero-order valence-corrected chi connectivity index (χ0v) is 6.96. The molecular formula is C9H8F2O2. The molecule has 0 bridgehead atoms. The van der Waals surface area contributed by atoms with E-state index >= 15 is 0 Å². The first-order valence-electron chi connectivity index (χ1n) is 3.64. The van der Waals surface area contributed by atoms with Gasteiger partial charge in [0.15, 0.2) is 6.29 Å². The summed E-state index contributed by atoms with van der Waals surface area (Å²) >= 11 is 0. The second-order valence-corrected chi connectivity index (χ2v) is 2.54. The van der Waals surface area contributed by atoms with E-state index in [4.69, 9.17) is 0 Å². The summed E-state index contributed by atoms with van der Waals surface area (Å²) in [6, 6.07) is 4.50. The summed E-state index contributed by atoms with van der Waals surface area (Å²) in [5, 5.41) is 0. The van der Waals surface area contributed by atoms with Gasteiger partial charge in [-0.15, -0.1) is 0 Å². The largest absolute Gasteiger partial charge is 0.434 e. The van der Waals surface area contributed by atoms with Gasteiger partial charge < -0.3 is 4.74 Å². The molecule has 1 rings (SSSR count). The van der Waals surface area contributed by atoms with Crippen LogP contribution in [0, 0.1) is 6.92 Å². The highest BCUT2D eigenvalue weighted by Crippen LogP contribution is 2.20. The van der Waals surface area contributed by atoms with Crippen molar-refractivity contribution in [3.8, 4) is 5.75 Å². The molecule has 70 valence electrons. The fourth-order valence-electron chi connectivity index (χ4n) is 0.937. The summed E-state index contributed by atoms with van der Waals surface area (Å²) in [4.78, 5) is 10.4. The Morgan fingerprint density at radius 1 is 1.46 bits per heavy atom. The molecule has 0 fully saturated rings. The molecule has 0 radical (unpaired) electrons. The lowest BCUT2D eigenvalue weighted by Gasteiger charge is -2.07. The normalized spacial score (nSPS) is 10.2. The lowest BCUT2D eigenvalue weighted by molar-refractivity contribution is -0.0500. The van der Waals surface area contributed by atoms with Crippen molar-refractivity contribution in [2.24, 2.45) is 0 Å². The first kappa shape index (κ1) is 9.64. The molecule has 0 aliphatic carbocycles. The number of hydrogen-bond acceptors (Lipinski definition) is 2. The molecule has 1 aromatic rings. The summed E-state index contributed by atoms with van der Waals surface area (Å²) in [6.07, 6.45) is 0.483. The fourth-order valence-corrected chi connectivity index (χ4v) is 0.937. The standard InChI is InChI=1S/C9H8F2O2/c1-6-2-3-7(5-12)8(4-6)13-9(10)11/h2-5,9H,1H3. The zero-order chi connectivity index (χ0) is 9.84. The van der Waals surface area contributed by atoms with Gasteiger partial charge in [-0.3, -0.25) is 4.79 Å².